The molecule has 1 aromatic rings. The van der Waals surface area contributed by atoms with Gasteiger partial charge in [0.15, 0.2) is 5.69 Å². The molecule has 0 fully saturated rings. The maximum atomic E-state index is 8.73. The first-order valence-electron chi connectivity index (χ1n) is 4.58. The number of imidazole rings is 1. The fourth-order valence-corrected chi connectivity index (χ4v) is 1.77. The van der Waals surface area contributed by atoms with Gasteiger partial charge >= 0.3 is 0 Å². The van der Waals surface area contributed by atoms with Crippen LogP contribution in [0.1, 0.15) is 30.8 Å². The van der Waals surface area contributed by atoms with Crippen molar-refractivity contribution in [3.63, 3.8) is 0 Å². The molecule has 0 aliphatic carbocycles. The van der Waals surface area contributed by atoms with Crippen LogP contribution in [0.2, 0.25) is 0 Å². The number of nitrogens with two attached hydrogens (primary N) is 1. The zero-order valence-corrected chi connectivity index (χ0v) is 7.45. The minimum atomic E-state index is 0.386. The molecule has 0 radical (unpaired) electrons. The Bertz CT molecular complexity index is 358. The van der Waals surface area contributed by atoms with Gasteiger partial charge in [0, 0.05) is 13.0 Å². The average molecular weight is 176 g/mol. The van der Waals surface area contributed by atoms with Gasteiger partial charge in [-0.15, -0.1) is 0 Å². The van der Waals surface area contributed by atoms with E-state index in [9.17, 15) is 0 Å². The lowest BCUT2D eigenvalue weighted by Gasteiger charge is -2.03. The molecule has 4 heteroatoms. The van der Waals surface area contributed by atoms with Crippen molar-refractivity contribution in [1.82, 2.24) is 9.55 Å². The Morgan fingerprint density at radius 2 is 2.23 bits per heavy atom. The molecule has 13 heavy (non-hydrogen) atoms. The van der Waals surface area contributed by atoms with Crippen LogP contribution in [0.15, 0.2) is 0 Å². The summed E-state index contributed by atoms with van der Waals surface area (Å²) in [4.78, 5) is 4.21. The van der Waals surface area contributed by atoms with E-state index in [-0.39, 0.29) is 0 Å². The second-order valence-corrected chi connectivity index (χ2v) is 3.34. The Hall–Kier alpha value is -1.50. The fourth-order valence-electron chi connectivity index (χ4n) is 1.77. The highest BCUT2D eigenvalue weighted by atomic mass is 15.1. The van der Waals surface area contributed by atoms with Crippen LogP contribution in [0.5, 0.6) is 0 Å². The first kappa shape index (κ1) is 8.11. The molecule has 2 rings (SSSR count). The minimum absolute atomic E-state index is 0.386. The van der Waals surface area contributed by atoms with Crippen molar-refractivity contribution in [3.05, 3.63) is 11.5 Å². The number of aryl methyl sites for hydroxylation is 1. The Morgan fingerprint density at radius 3 is 3.00 bits per heavy atom. The average Bonchev–Trinajstić information content (AvgIpc) is 2.37. The van der Waals surface area contributed by atoms with Crippen molar-refractivity contribution in [2.45, 2.75) is 32.2 Å². The summed E-state index contributed by atoms with van der Waals surface area (Å²) >= 11 is 0. The second kappa shape index (κ2) is 3.09. The molecule has 1 aromatic heterocycles. The number of rotatable bonds is 0. The number of hydrogen-bond donors (Lipinski definition) is 1. The van der Waals surface area contributed by atoms with Crippen LogP contribution < -0.4 is 5.73 Å². The van der Waals surface area contributed by atoms with Crippen molar-refractivity contribution in [2.24, 2.45) is 0 Å². The molecular weight excluding hydrogens is 164 g/mol. The molecule has 0 bridgehead atoms. The van der Waals surface area contributed by atoms with Crippen molar-refractivity contribution in [1.29, 1.82) is 5.26 Å². The van der Waals surface area contributed by atoms with Crippen molar-refractivity contribution in [2.75, 3.05) is 5.73 Å². The molecule has 0 spiro atoms. The molecule has 0 atom stereocenters. The normalized spacial score (nSPS) is 15.9. The van der Waals surface area contributed by atoms with Gasteiger partial charge in [-0.05, 0) is 12.8 Å². The molecule has 0 unspecified atom stereocenters. The summed E-state index contributed by atoms with van der Waals surface area (Å²) in [6.45, 7) is 0.913. The van der Waals surface area contributed by atoms with Gasteiger partial charge in [-0.25, -0.2) is 4.98 Å². The zero-order valence-electron chi connectivity index (χ0n) is 7.45. The van der Waals surface area contributed by atoms with Gasteiger partial charge in [0.05, 0.1) is 0 Å². The SMILES string of the molecule is N#Cc1nc2n(c1N)CCCCC2. The van der Waals surface area contributed by atoms with E-state index in [2.05, 4.69) is 4.98 Å². The summed E-state index contributed by atoms with van der Waals surface area (Å²) in [5.41, 5.74) is 6.17. The highest BCUT2D eigenvalue weighted by Crippen LogP contribution is 2.20. The zero-order chi connectivity index (χ0) is 9.26. The predicted octanol–water partition coefficient (Wildman–Crippen LogP) is 1.06. The summed E-state index contributed by atoms with van der Waals surface area (Å²) < 4.78 is 1.98. The van der Waals surface area contributed by atoms with E-state index < -0.39 is 0 Å². The molecule has 1 aliphatic heterocycles. The largest absolute Gasteiger partial charge is 0.383 e. The van der Waals surface area contributed by atoms with Crippen LogP contribution in [0.3, 0.4) is 0 Å². The highest BCUT2D eigenvalue weighted by Gasteiger charge is 2.15. The Labute approximate surface area is 77.0 Å². The number of nitrogen functional groups attached to an aromatic ring is 1. The maximum Gasteiger partial charge on any atom is 0.182 e. The van der Waals surface area contributed by atoms with Gasteiger partial charge in [-0.2, -0.15) is 5.26 Å². The standard InChI is InChI=1S/C9H12N4/c10-6-7-9(11)13-5-3-1-2-4-8(13)12-7/h1-5,11H2. The Morgan fingerprint density at radius 1 is 1.38 bits per heavy atom. The topological polar surface area (TPSA) is 67.6 Å². The van der Waals surface area contributed by atoms with Crippen molar-refractivity contribution >= 4 is 5.82 Å². The van der Waals surface area contributed by atoms with Gasteiger partial charge < -0.3 is 10.3 Å². The van der Waals surface area contributed by atoms with Crippen molar-refractivity contribution in [3.8, 4) is 6.07 Å². The van der Waals surface area contributed by atoms with E-state index in [1.807, 2.05) is 10.6 Å². The molecule has 1 aliphatic rings. The smallest absolute Gasteiger partial charge is 0.182 e. The number of nitrogens with zero attached hydrogens (tertiary/aromatic N) is 3. The first-order valence-corrected chi connectivity index (χ1v) is 4.58. The van der Waals surface area contributed by atoms with Crippen LogP contribution in [0.4, 0.5) is 5.82 Å². The molecule has 2 N–H and O–H groups in total. The van der Waals surface area contributed by atoms with E-state index in [0.29, 0.717) is 11.5 Å². The lowest BCUT2D eigenvalue weighted by Crippen LogP contribution is -2.04. The third-order valence-electron chi connectivity index (χ3n) is 2.47. The summed E-state index contributed by atoms with van der Waals surface area (Å²) in [5.74, 6) is 1.52. The van der Waals surface area contributed by atoms with Gasteiger partial charge in [-0.1, -0.05) is 6.42 Å². The van der Waals surface area contributed by atoms with Crippen LogP contribution in [-0.4, -0.2) is 9.55 Å². The Kier molecular flexibility index (Phi) is 1.93. The highest BCUT2D eigenvalue weighted by molar-refractivity contribution is 5.46. The molecule has 0 aromatic carbocycles. The van der Waals surface area contributed by atoms with Crippen LogP contribution in [0, 0.1) is 11.3 Å². The molecule has 0 saturated carbocycles. The monoisotopic (exact) mass is 176 g/mol. The quantitative estimate of drug-likeness (QED) is 0.642. The van der Waals surface area contributed by atoms with E-state index in [1.54, 1.807) is 0 Å². The van der Waals surface area contributed by atoms with Crippen LogP contribution in [-0.2, 0) is 13.0 Å². The third-order valence-corrected chi connectivity index (χ3v) is 2.47. The van der Waals surface area contributed by atoms with Crippen molar-refractivity contribution < 1.29 is 0 Å². The lowest BCUT2D eigenvalue weighted by atomic mass is 10.2. The molecule has 0 saturated heterocycles. The summed E-state index contributed by atoms with van der Waals surface area (Å²) in [6.07, 6.45) is 4.47. The number of anilines is 1. The van der Waals surface area contributed by atoms with Crippen LogP contribution in [0.25, 0.3) is 0 Å². The summed E-state index contributed by atoms with van der Waals surface area (Å²) in [5, 5.41) is 8.73. The van der Waals surface area contributed by atoms with E-state index in [4.69, 9.17) is 11.0 Å². The molecule has 68 valence electrons. The van der Waals surface area contributed by atoms with E-state index >= 15 is 0 Å². The Balaban J connectivity index is 2.46. The second-order valence-electron chi connectivity index (χ2n) is 3.34. The van der Waals surface area contributed by atoms with Gasteiger partial charge in [0.1, 0.15) is 17.7 Å². The van der Waals surface area contributed by atoms with Gasteiger partial charge in [-0.3, -0.25) is 0 Å². The molecule has 4 nitrogen and oxygen atoms in total. The van der Waals surface area contributed by atoms with Crippen LogP contribution >= 0.6 is 0 Å². The fraction of sp³-hybridized carbons (Fsp3) is 0.556. The number of fused-ring (bicyclic) bond motifs is 1. The predicted molar refractivity (Wildman–Crippen MR) is 48.9 cm³/mol. The number of hydrogen-bond acceptors (Lipinski definition) is 3. The number of aromatic nitrogens is 2. The maximum absolute atomic E-state index is 8.73. The van der Waals surface area contributed by atoms with E-state index in [1.165, 1.54) is 6.42 Å². The number of nitriles is 1. The third kappa shape index (κ3) is 1.26. The minimum Gasteiger partial charge on any atom is -0.383 e. The first-order chi connectivity index (χ1) is 6.33. The molecule has 0 amide bonds. The van der Waals surface area contributed by atoms with Gasteiger partial charge in [0.25, 0.3) is 0 Å². The summed E-state index contributed by atoms with van der Waals surface area (Å²) in [7, 11) is 0. The summed E-state index contributed by atoms with van der Waals surface area (Å²) in [6, 6.07) is 2.02. The van der Waals surface area contributed by atoms with Gasteiger partial charge in [0.2, 0.25) is 0 Å². The molecular formula is C9H12N4. The van der Waals surface area contributed by atoms with E-state index in [0.717, 1.165) is 31.6 Å². The lowest BCUT2D eigenvalue weighted by molar-refractivity contribution is 0.640. The molecule has 2 heterocycles.